The molecule has 1 aromatic carbocycles. The van der Waals surface area contributed by atoms with Gasteiger partial charge in [0.15, 0.2) is 0 Å². The summed E-state index contributed by atoms with van der Waals surface area (Å²) in [7, 11) is 0. The minimum Gasteiger partial charge on any atom is -0.466 e. The number of halogens is 1. The van der Waals surface area contributed by atoms with Gasteiger partial charge in [-0.1, -0.05) is 6.42 Å². The number of benzene rings is 1. The average molecular weight is 338 g/mol. The van der Waals surface area contributed by atoms with Gasteiger partial charge in [0.25, 0.3) is 0 Å². The number of rotatable bonds is 5. The van der Waals surface area contributed by atoms with Crippen LogP contribution in [0, 0.1) is 6.07 Å². The first kappa shape index (κ1) is 18.2. The van der Waals surface area contributed by atoms with Gasteiger partial charge in [-0.2, -0.15) is 35.9 Å². The molecule has 4 heteroatoms. The molecule has 0 heterocycles. The molecule has 0 atom stereocenters. The van der Waals surface area contributed by atoms with Gasteiger partial charge in [0.05, 0.1) is 6.61 Å². The summed E-state index contributed by atoms with van der Waals surface area (Å²) in [5, 5.41) is 0. The summed E-state index contributed by atoms with van der Waals surface area (Å²) in [5.74, 6) is -0.104. The summed E-state index contributed by atoms with van der Waals surface area (Å²) in [4.78, 5) is 11.0. The second-order valence-electron chi connectivity index (χ2n) is 3.07. The van der Waals surface area contributed by atoms with E-state index < -0.39 is 0 Å². The van der Waals surface area contributed by atoms with Crippen molar-refractivity contribution < 1.29 is 29.0 Å². The Morgan fingerprint density at radius 2 is 2.25 bits per heavy atom. The molecule has 0 radical (unpaired) electrons. The Bertz CT molecular complexity index is 278. The molecule has 2 nitrogen and oxygen atoms in total. The van der Waals surface area contributed by atoms with E-state index in [2.05, 4.69) is 6.07 Å². The number of hydrogen-bond donors (Lipinski definition) is 0. The first-order valence-electron chi connectivity index (χ1n) is 4.93. The fourth-order valence-electron chi connectivity index (χ4n) is 1.26. The van der Waals surface area contributed by atoms with Crippen molar-refractivity contribution in [1.82, 2.24) is 0 Å². The van der Waals surface area contributed by atoms with E-state index in [1.165, 1.54) is 5.56 Å². The van der Waals surface area contributed by atoms with E-state index in [9.17, 15) is 4.79 Å². The standard InChI is InChI=1S/C12H15O2.BrH.Zn/c1-2-14-12(13)10-6-9-11-7-4-3-5-8-11;;/h3-4,7-8H,2,6,9-10H2,1H3;1H;/q-1;;. The number of hydrogen-bond acceptors (Lipinski definition) is 2. The van der Waals surface area contributed by atoms with Crippen LogP contribution in [0.2, 0.25) is 0 Å². The largest absolute Gasteiger partial charge is 0.466 e. The molecular formula is C12H16BrO2Zn-. The van der Waals surface area contributed by atoms with Gasteiger partial charge in [-0.25, -0.2) is 0 Å². The van der Waals surface area contributed by atoms with Crippen LogP contribution in [-0.4, -0.2) is 12.6 Å². The molecule has 86 valence electrons. The van der Waals surface area contributed by atoms with E-state index in [0.717, 1.165) is 12.8 Å². The van der Waals surface area contributed by atoms with Gasteiger partial charge >= 0.3 is 5.97 Å². The van der Waals surface area contributed by atoms with Crippen LogP contribution in [0.3, 0.4) is 0 Å². The summed E-state index contributed by atoms with van der Waals surface area (Å²) in [6.45, 7) is 2.29. The quantitative estimate of drug-likeness (QED) is 0.469. The number of carbonyl (C=O) groups excluding carboxylic acids is 1. The van der Waals surface area contributed by atoms with Crippen LogP contribution < -0.4 is 0 Å². The van der Waals surface area contributed by atoms with Gasteiger partial charge in [-0.15, -0.1) is 17.0 Å². The summed E-state index contributed by atoms with van der Waals surface area (Å²) in [5.41, 5.74) is 1.22. The van der Waals surface area contributed by atoms with E-state index in [1.807, 2.05) is 31.2 Å². The molecule has 1 aromatic rings. The van der Waals surface area contributed by atoms with Gasteiger partial charge in [0.2, 0.25) is 0 Å². The third kappa shape index (κ3) is 8.01. The fourth-order valence-corrected chi connectivity index (χ4v) is 1.26. The van der Waals surface area contributed by atoms with Crippen molar-refractivity contribution in [2.24, 2.45) is 0 Å². The maximum Gasteiger partial charge on any atom is 0.305 e. The van der Waals surface area contributed by atoms with Crippen LogP contribution in [0.1, 0.15) is 25.3 Å². The van der Waals surface area contributed by atoms with Crippen LogP contribution in [-0.2, 0) is 35.4 Å². The first-order valence-corrected chi connectivity index (χ1v) is 4.93. The van der Waals surface area contributed by atoms with Crippen LogP contribution in [0.5, 0.6) is 0 Å². The molecule has 0 bridgehead atoms. The average Bonchev–Trinajstić information content (AvgIpc) is 2.20. The normalized spacial score (nSPS) is 8.56. The van der Waals surface area contributed by atoms with Crippen molar-refractivity contribution in [2.45, 2.75) is 26.2 Å². The maximum atomic E-state index is 11.0. The van der Waals surface area contributed by atoms with E-state index in [4.69, 9.17) is 4.74 Å². The number of aryl methyl sites for hydroxylation is 1. The molecule has 1 rings (SSSR count). The van der Waals surface area contributed by atoms with E-state index in [0.29, 0.717) is 13.0 Å². The zero-order chi connectivity index (χ0) is 10.2. The Kier molecular flexibility index (Phi) is 12.8. The molecular weight excluding hydrogens is 321 g/mol. The SMILES string of the molecule is Br.CCOC(=O)CCCc1c[c-]ccc1.[Zn]. The van der Waals surface area contributed by atoms with E-state index >= 15 is 0 Å². The minimum atomic E-state index is -0.104. The van der Waals surface area contributed by atoms with Crippen molar-refractivity contribution in [3.63, 3.8) is 0 Å². The van der Waals surface area contributed by atoms with Crippen molar-refractivity contribution in [2.75, 3.05) is 6.61 Å². The molecule has 0 fully saturated rings. The van der Waals surface area contributed by atoms with Gasteiger partial charge in [0, 0.05) is 25.9 Å². The molecule has 0 unspecified atom stereocenters. The molecule has 0 aliphatic heterocycles. The third-order valence-corrected chi connectivity index (χ3v) is 1.92. The fraction of sp³-hybridized carbons (Fsp3) is 0.417. The van der Waals surface area contributed by atoms with Crippen molar-refractivity contribution >= 4 is 23.0 Å². The number of ether oxygens (including phenoxy) is 1. The number of carbonyl (C=O) groups is 1. The Morgan fingerprint density at radius 3 is 2.81 bits per heavy atom. The maximum absolute atomic E-state index is 11.0. The Hall–Kier alpha value is -0.207. The topological polar surface area (TPSA) is 26.3 Å². The molecule has 0 amide bonds. The van der Waals surface area contributed by atoms with E-state index in [1.54, 1.807) is 0 Å². The summed E-state index contributed by atoms with van der Waals surface area (Å²) < 4.78 is 4.83. The molecule has 0 N–H and O–H groups in total. The van der Waals surface area contributed by atoms with Crippen LogP contribution in [0.25, 0.3) is 0 Å². The van der Waals surface area contributed by atoms with E-state index in [-0.39, 0.29) is 42.4 Å². The zero-order valence-corrected chi connectivity index (χ0v) is 14.2. The van der Waals surface area contributed by atoms with Gasteiger partial charge in [-0.3, -0.25) is 4.79 Å². The summed E-state index contributed by atoms with van der Waals surface area (Å²) in [6, 6.07) is 10.8. The van der Waals surface area contributed by atoms with Gasteiger partial charge < -0.3 is 4.74 Å². The summed E-state index contributed by atoms with van der Waals surface area (Å²) in [6.07, 6.45) is 2.26. The molecule has 0 aliphatic rings. The molecule has 0 saturated heterocycles. The van der Waals surface area contributed by atoms with Crippen LogP contribution >= 0.6 is 17.0 Å². The monoisotopic (exact) mass is 335 g/mol. The second kappa shape index (κ2) is 11.3. The summed E-state index contributed by atoms with van der Waals surface area (Å²) >= 11 is 0. The molecule has 0 aromatic heterocycles. The Labute approximate surface area is 120 Å². The first-order chi connectivity index (χ1) is 6.83. The zero-order valence-electron chi connectivity index (χ0n) is 9.57. The predicted octanol–water partition coefficient (Wildman–Crippen LogP) is 2.95. The van der Waals surface area contributed by atoms with Crippen LogP contribution in [0.4, 0.5) is 0 Å². The minimum absolute atomic E-state index is 0. The molecule has 0 aliphatic carbocycles. The molecule has 0 saturated carbocycles. The Balaban J connectivity index is 0. The number of esters is 1. The molecule has 16 heavy (non-hydrogen) atoms. The van der Waals surface area contributed by atoms with Crippen LogP contribution in [0.15, 0.2) is 24.3 Å². The van der Waals surface area contributed by atoms with Gasteiger partial charge in [-0.05, 0) is 13.3 Å². The second-order valence-corrected chi connectivity index (χ2v) is 3.07. The van der Waals surface area contributed by atoms with Crippen molar-refractivity contribution in [3.05, 3.63) is 35.9 Å². The van der Waals surface area contributed by atoms with Gasteiger partial charge in [0.1, 0.15) is 0 Å². The third-order valence-electron chi connectivity index (χ3n) is 1.92. The molecule has 0 spiro atoms. The van der Waals surface area contributed by atoms with Crippen molar-refractivity contribution in [1.29, 1.82) is 0 Å². The Morgan fingerprint density at radius 1 is 1.50 bits per heavy atom. The smallest absolute Gasteiger partial charge is 0.305 e. The van der Waals surface area contributed by atoms with Crippen molar-refractivity contribution in [3.8, 4) is 0 Å². The predicted molar refractivity (Wildman–Crippen MR) is 65.2 cm³/mol.